The van der Waals surface area contributed by atoms with Crippen molar-refractivity contribution in [3.63, 3.8) is 0 Å². The first kappa shape index (κ1) is 14.3. The second kappa shape index (κ2) is 6.40. The Morgan fingerprint density at radius 3 is 2.59 bits per heavy atom. The van der Waals surface area contributed by atoms with Crippen molar-refractivity contribution in [2.45, 2.75) is 13.5 Å². The Kier molecular flexibility index (Phi) is 4.15. The number of anilines is 4. The normalized spacial score (nSPS) is 10.4. The van der Waals surface area contributed by atoms with Gasteiger partial charge in [-0.15, -0.1) is 11.3 Å². The highest BCUT2D eigenvalue weighted by molar-refractivity contribution is 7.13. The highest BCUT2D eigenvalue weighted by atomic mass is 32.1. The average Bonchev–Trinajstić information content (AvgIpc) is 3.03. The van der Waals surface area contributed by atoms with Gasteiger partial charge >= 0.3 is 0 Å². The number of hydrogen-bond acceptors (Lipinski definition) is 7. The number of benzene rings is 1. The lowest BCUT2D eigenvalue weighted by Crippen LogP contribution is -2.08. The Morgan fingerprint density at radius 2 is 1.86 bits per heavy atom. The van der Waals surface area contributed by atoms with Crippen LogP contribution in [0.25, 0.3) is 0 Å². The Bertz CT molecular complexity index is 739. The molecule has 1 aromatic carbocycles. The van der Waals surface area contributed by atoms with Gasteiger partial charge in [0.1, 0.15) is 12.0 Å². The second-order valence-corrected chi connectivity index (χ2v) is 5.68. The maximum Gasteiger partial charge on any atom is 0.188 e. The first-order valence-corrected chi connectivity index (χ1v) is 7.67. The minimum absolute atomic E-state index is 0.477. The fraction of sp³-hybridized carbons (Fsp3) is 0.133. The van der Waals surface area contributed by atoms with Crippen molar-refractivity contribution in [3.05, 3.63) is 53.3 Å². The predicted molar refractivity (Wildman–Crippen MR) is 90.3 cm³/mol. The fourth-order valence-corrected chi connectivity index (χ4v) is 2.44. The summed E-state index contributed by atoms with van der Waals surface area (Å²) in [6, 6.07) is 8.31. The predicted octanol–water partition coefficient (Wildman–Crippen LogP) is 3.18. The highest BCUT2D eigenvalue weighted by Gasteiger charge is 2.09. The first-order valence-electron chi connectivity index (χ1n) is 6.79. The maximum absolute atomic E-state index is 6.12. The number of nitrogens with one attached hydrogen (secondary N) is 2. The number of thiazole rings is 1. The summed E-state index contributed by atoms with van der Waals surface area (Å²) < 4.78 is 0. The van der Waals surface area contributed by atoms with E-state index in [0.717, 1.165) is 10.7 Å². The molecule has 112 valence electrons. The summed E-state index contributed by atoms with van der Waals surface area (Å²) in [5.74, 6) is 1.16. The van der Waals surface area contributed by atoms with Gasteiger partial charge in [-0.1, -0.05) is 29.8 Å². The van der Waals surface area contributed by atoms with Crippen LogP contribution in [0.3, 0.4) is 0 Å². The zero-order valence-corrected chi connectivity index (χ0v) is 12.9. The van der Waals surface area contributed by atoms with Gasteiger partial charge in [0.25, 0.3) is 0 Å². The first-order chi connectivity index (χ1) is 10.7. The summed E-state index contributed by atoms with van der Waals surface area (Å²) in [4.78, 5) is 12.5. The monoisotopic (exact) mass is 312 g/mol. The molecule has 0 bridgehead atoms. The summed E-state index contributed by atoms with van der Waals surface area (Å²) in [6.07, 6.45) is 3.20. The Morgan fingerprint density at radius 1 is 1.09 bits per heavy atom. The summed E-state index contributed by atoms with van der Waals surface area (Å²) in [6.45, 7) is 2.72. The summed E-state index contributed by atoms with van der Waals surface area (Å²) >= 11 is 1.49. The lowest BCUT2D eigenvalue weighted by atomic mass is 10.1. The van der Waals surface area contributed by atoms with Crippen LogP contribution < -0.4 is 16.4 Å². The Balaban J connectivity index is 1.72. The lowest BCUT2D eigenvalue weighted by Gasteiger charge is -2.11. The van der Waals surface area contributed by atoms with E-state index in [2.05, 4.69) is 56.8 Å². The van der Waals surface area contributed by atoms with Crippen LogP contribution >= 0.6 is 11.3 Å². The number of nitrogens with zero attached hydrogens (tertiary/aromatic N) is 3. The van der Waals surface area contributed by atoms with E-state index in [1.807, 2.05) is 5.38 Å². The fourth-order valence-electron chi connectivity index (χ4n) is 1.91. The third kappa shape index (κ3) is 3.32. The number of aryl methyl sites for hydroxylation is 1. The van der Waals surface area contributed by atoms with E-state index in [1.54, 1.807) is 6.20 Å². The SMILES string of the molecule is Cc1ccc(CNc2ncnc(Nc3nccs3)c2N)cc1. The van der Waals surface area contributed by atoms with Crippen LogP contribution in [0.1, 0.15) is 11.1 Å². The molecule has 0 aliphatic rings. The second-order valence-electron chi connectivity index (χ2n) is 4.79. The van der Waals surface area contributed by atoms with Crippen LogP contribution in [0, 0.1) is 6.92 Å². The summed E-state index contributed by atoms with van der Waals surface area (Å²) in [5.41, 5.74) is 8.99. The molecule has 2 heterocycles. The molecule has 0 spiro atoms. The minimum atomic E-state index is 0.477. The van der Waals surface area contributed by atoms with E-state index in [-0.39, 0.29) is 0 Å². The van der Waals surface area contributed by atoms with Gasteiger partial charge in [0, 0.05) is 18.1 Å². The highest BCUT2D eigenvalue weighted by Crippen LogP contribution is 2.26. The summed E-state index contributed by atoms with van der Waals surface area (Å²) in [7, 11) is 0. The minimum Gasteiger partial charge on any atom is -0.393 e. The van der Waals surface area contributed by atoms with Gasteiger partial charge in [0.15, 0.2) is 16.8 Å². The zero-order chi connectivity index (χ0) is 15.4. The van der Waals surface area contributed by atoms with Gasteiger partial charge in [-0.25, -0.2) is 15.0 Å². The smallest absolute Gasteiger partial charge is 0.188 e. The van der Waals surface area contributed by atoms with Crippen molar-refractivity contribution in [1.29, 1.82) is 0 Å². The molecule has 0 saturated heterocycles. The van der Waals surface area contributed by atoms with Crippen molar-refractivity contribution in [3.8, 4) is 0 Å². The number of nitrogens with two attached hydrogens (primary N) is 1. The quantitative estimate of drug-likeness (QED) is 0.670. The average molecular weight is 312 g/mol. The molecule has 0 radical (unpaired) electrons. The van der Waals surface area contributed by atoms with Gasteiger partial charge in [0.05, 0.1) is 0 Å². The number of aromatic nitrogens is 3. The third-order valence-corrected chi connectivity index (χ3v) is 3.81. The van der Waals surface area contributed by atoms with Crippen LogP contribution in [-0.2, 0) is 6.54 Å². The molecule has 0 unspecified atom stereocenters. The largest absolute Gasteiger partial charge is 0.393 e. The molecule has 0 fully saturated rings. The van der Waals surface area contributed by atoms with Crippen LogP contribution in [0.5, 0.6) is 0 Å². The van der Waals surface area contributed by atoms with Crippen LogP contribution in [0.2, 0.25) is 0 Å². The third-order valence-electron chi connectivity index (χ3n) is 3.12. The lowest BCUT2D eigenvalue weighted by molar-refractivity contribution is 1.08. The maximum atomic E-state index is 6.12. The number of nitrogen functional groups attached to an aromatic ring is 1. The van der Waals surface area contributed by atoms with E-state index in [9.17, 15) is 0 Å². The molecule has 0 aliphatic heterocycles. The molecule has 0 aliphatic carbocycles. The van der Waals surface area contributed by atoms with E-state index < -0.39 is 0 Å². The standard InChI is InChI=1S/C15H16N6S/c1-10-2-4-11(5-3-10)8-18-13-12(16)14(20-9-19-13)21-15-17-6-7-22-15/h2-7,9H,8,16H2,1H3,(H2,17,18,19,20,21). The molecule has 4 N–H and O–H groups in total. The molecule has 0 saturated carbocycles. The van der Waals surface area contributed by atoms with E-state index in [4.69, 9.17) is 5.73 Å². The van der Waals surface area contributed by atoms with E-state index in [1.165, 1.54) is 23.2 Å². The van der Waals surface area contributed by atoms with Gasteiger partial charge in [0.2, 0.25) is 0 Å². The molecule has 3 aromatic rings. The molecule has 2 aromatic heterocycles. The van der Waals surface area contributed by atoms with Crippen molar-refractivity contribution in [2.24, 2.45) is 0 Å². The molecule has 22 heavy (non-hydrogen) atoms. The Labute approximate surface area is 132 Å². The molecule has 6 nitrogen and oxygen atoms in total. The van der Waals surface area contributed by atoms with Gasteiger partial charge in [-0.05, 0) is 12.5 Å². The molecule has 0 amide bonds. The van der Waals surface area contributed by atoms with Crippen molar-refractivity contribution in [2.75, 3.05) is 16.4 Å². The molecule has 3 rings (SSSR count). The van der Waals surface area contributed by atoms with Crippen LogP contribution in [0.15, 0.2) is 42.2 Å². The van der Waals surface area contributed by atoms with E-state index >= 15 is 0 Å². The van der Waals surface area contributed by atoms with Crippen molar-refractivity contribution >= 4 is 33.8 Å². The van der Waals surface area contributed by atoms with Gasteiger partial charge in [-0.3, -0.25) is 0 Å². The molecule has 0 atom stereocenters. The summed E-state index contributed by atoms with van der Waals surface area (Å²) in [5, 5.41) is 8.96. The number of hydrogen-bond donors (Lipinski definition) is 3. The molecule has 7 heteroatoms. The number of rotatable bonds is 5. The molecular weight excluding hydrogens is 296 g/mol. The Hall–Kier alpha value is -2.67. The molecular formula is C15H16N6S. The zero-order valence-electron chi connectivity index (χ0n) is 12.1. The topological polar surface area (TPSA) is 88.8 Å². The van der Waals surface area contributed by atoms with Crippen molar-refractivity contribution < 1.29 is 0 Å². The van der Waals surface area contributed by atoms with Gasteiger partial charge in [-0.2, -0.15) is 0 Å². The van der Waals surface area contributed by atoms with Crippen LogP contribution in [-0.4, -0.2) is 15.0 Å². The van der Waals surface area contributed by atoms with Gasteiger partial charge < -0.3 is 16.4 Å². The van der Waals surface area contributed by atoms with E-state index in [0.29, 0.717) is 23.9 Å². The van der Waals surface area contributed by atoms with Crippen molar-refractivity contribution in [1.82, 2.24) is 15.0 Å². The van der Waals surface area contributed by atoms with Crippen LogP contribution in [0.4, 0.5) is 22.5 Å².